The van der Waals surface area contributed by atoms with Gasteiger partial charge in [-0.2, -0.15) is 0 Å². The molecule has 0 N–H and O–H groups in total. The minimum absolute atomic E-state index is 0. The number of rotatable bonds is 23. The number of nitrogens with zero attached hydrogens (tertiary/aromatic N) is 2. The Labute approximate surface area is 226 Å². The van der Waals surface area contributed by atoms with Crippen LogP contribution in [0.25, 0.3) is 0 Å². The second-order valence-electron chi connectivity index (χ2n) is 11.4. The van der Waals surface area contributed by atoms with Gasteiger partial charge in [0, 0.05) is 0 Å². The number of quaternary nitrogens is 2. The van der Waals surface area contributed by atoms with Crippen molar-refractivity contribution < 1.29 is 42.9 Å². The first-order chi connectivity index (χ1) is 14.3. The van der Waals surface area contributed by atoms with Crippen molar-refractivity contribution in [2.45, 2.75) is 129 Å². The Morgan fingerprint density at radius 3 is 0.719 bits per heavy atom. The predicted molar refractivity (Wildman–Crippen MR) is 138 cm³/mol. The molecule has 0 radical (unpaired) electrons. The van der Waals surface area contributed by atoms with Crippen molar-refractivity contribution in [1.82, 2.24) is 0 Å². The summed E-state index contributed by atoms with van der Waals surface area (Å²) in [5.74, 6) is 0. The third-order valence-electron chi connectivity index (χ3n) is 7.01. The fourth-order valence-electron chi connectivity index (χ4n) is 4.65. The van der Waals surface area contributed by atoms with Crippen molar-refractivity contribution in [3.05, 3.63) is 0 Å². The van der Waals surface area contributed by atoms with Crippen LogP contribution < -0.4 is 34.0 Å². The summed E-state index contributed by atoms with van der Waals surface area (Å²) in [4.78, 5) is 0. The summed E-state index contributed by atoms with van der Waals surface area (Å²) in [5, 5.41) is 0. The van der Waals surface area contributed by atoms with Gasteiger partial charge in [-0.25, -0.2) is 0 Å². The Kier molecular flexibility index (Phi) is 29.2. The molecule has 0 aromatic carbocycles. The third-order valence-corrected chi connectivity index (χ3v) is 7.01. The van der Waals surface area contributed by atoms with Crippen molar-refractivity contribution >= 4 is 0 Å². The molecule has 0 saturated heterocycles. The van der Waals surface area contributed by atoms with Gasteiger partial charge in [-0.05, 0) is 51.4 Å². The van der Waals surface area contributed by atoms with Crippen LogP contribution >= 0.6 is 0 Å². The van der Waals surface area contributed by atoms with E-state index in [-0.39, 0.29) is 34.0 Å². The molecule has 198 valence electrons. The second kappa shape index (κ2) is 25.0. The van der Waals surface area contributed by atoms with Crippen molar-refractivity contribution in [1.29, 1.82) is 0 Å². The van der Waals surface area contributed by atoms with E-state index >= 15 is 0 Å². The number of hydrogen-bond donors (Lipinski definition) is 0. The van der Waals surface area contributed by atoms with Crippen molar-refractivity contribution in [3.63, 3.8) is 0 Å². The number of unbranched alkanes of at least 4 members (excludes halogenated alkanes) is 15. The summed E-state index contributed by atoms with van der Waals surface area (Å²) < 4.78 is 2.46. The first-order valence-electron chi connectivity index (χ1n) is 14.0. The first-order valence-corrected chi connectivity index (χ1v) is 14.0. The molecule has 0 heterocycles. The van der Waals surface area contributed by atoms with E-state index in [0.29, 0.717) is 0 Å². The van der Waals surface area contributed by atoms with Crippen LogP contribution in [-0.4, -0.2) is 63.3 Å². The molecule has 0 aromatic rings. The molecular weight excluding hydrogens is 524 g/mol. The lowest BCUT2D eigenvalue weighted by atomic mass is 10.1. The molecule has 0 saturated carbocycles. The molecule has 0 unspecified atom stereocenters. The SMILES string of the molecule is CCCCCCCCC[N+](C)(C)CCCCCC[N+](C)(C)CCCCCCCCC.[Br-].[Br-]. The quantitative estimate of drug-likeness (QED) is 0.127. The maximum absolute atomic E-state index is 2.44. The standard InChI is InChI=1S/C28H62N2.2BrH/c1-7-9-11-13-15-17-21-25-29(3,4)27-23-19-20-24-28-30(5,6)26-22-18-16-14-12-10-8-2;;/h7-28H2,1-6H3;2*1H/q+2;;/p-2. The van der Waals surface area contributed by atoms with Gasteiger partial charge in [0.1, 0.15) is 0 Å². The van der Waals surface area contributed by atoms with E-state index in [1.807, 2.05) is 0 Å². The smallest absolute Gasteiger partial charge is 0.0782 e. The summed E-state index contributed by atoms with van der Waals surface area (Å²) in [6.45, 7) is 10.1. The molecular formula is C28H62Br2N2. The summed E-state index contributed by atoms with van der Waals surface area (Å²) in [6, 6.07) is 0. The highest BCUT2D eigenvalue weighted by molar-refractivity contribution is 4.49. The molecule has 0 amide bonds. The molecule has 4 heteroatoms. The van der Waals surface area contributed by atoms with Gasteiger partial charge in [0.2, 0.25) is 0 Å². The molecule has 0 aliphatic rings. The van der Waals surface area contributed by atoms with Crippen LogP contribution in [-0.2, 0) is 0 Å². The van der Waals surface area contributed by atoms with Crippen molar-refractivity contribution in [3.8, 4) is 0 Å². The first kappa shape index (κ1) is 37.4. The van der Waals surface area contributed by atoms with Gasteiger partial charge in [-0.3, -0.25) is 0 Å². The molecule has 0 atom stereocenters. The van der Waals surface area contributed by atoms with Crippen molar-refractivity contribution in [2.24, 2.45) is 0 Å². The lowest BCUT2D eigenvalue weighted by molar-refractivity contribution is -0.891. The lowest BCUT2D eigenvalue weighted by Crippen LogP contribution is -3.00. The zero-order valence-electron chi connectivity index (χ0n) is 23.2. The minimum Gasteiger partial charge on any atom is -1.00 e. The number of halogens is 2. The molecule has 0 spiro atoms. The molecule has 0 fully saturated rings. The largest absolute Gasteiger partial charge is 1.00 e. The van der Waals surface area contributed by atoms with Gasteiger partial charge in [0.25, 0.3) is 0 Å². The zero-order valence-corrected chi connectivity index (χ0v) is 26.4. The summed E-state index contributed by atoms with van der Waals surface area (Å²) in [7, 11) is 9.78. The van der Waals surface area contributed by atoms with E-state index in [9.17, 15) is 0 Å². The molecule has 0 aliphatic carbocycles. The molecule has 32 heavy (non-hydrogen) atoms. The van der Waals surface area contributed by atoms with Crippen LogP contribution in [0.4, 0.5) is 0 Å². The Morgan fingerprint density at radius 2 is 0.500 bits per heavy atom. The van der Waals surface area contributed by atoms with Crippen LogP contribution in [0.15, 0.2) is 0 Å². The van der Waals surface area contributed by atoms with E-state index in [1.54, 1.807) is 0 Å². The minimum atomic E-state index is 0. The van der Waals surface area contributed by atoms with Crippen molar-refractivity contribution in [2.75, 3.05) is 54.4 Å². The molecule has 2 nitrogen and oxygen atoms in total. The van der Waals surface area contributed by atoms with E-state index in [1.165, 1.54) is 151 Å². The van der Waals surface area contributed by atoms with Crippen LogP contribution in [0.2, 0.25) is 0 Å². The van der Waals surface area contributed by atoms with Crippen LogP contribution in [0, 0.1) is 0 Å². The zero-order chi connectivity index (χ0) is 22.6. The Balaban J connectivity index is -0.00000420. The fraction of sp³-hybridized carbons (Fsp3) is 1.00. The van der Waals surface area contributed by atoms with Crippen LogP contribution in [0.3, 0.4) is 0 Å². The second-order valence-corrected chi connectivity index (χ2v) is 11.4. The highest BCUT2D eigenvalue weighted by atomic mass is 79.9. The third kappa shape index (κ3) is 27.1. The topological polar surface area (TPSA) is 0 Å². The van der Waals surface area contributed by atoms with E-state index < -0.39 is 0 Å². The Hall–Kier alpha value is 0.880. The molecule has 0 aromatic heterocycles. The average Bonchev–Trinajstić information content (AvgIpc) is 2.69. The Bertz CT molecular complexity index is 325. The predicted octanol–water partition coefficient (Wildman–Crippen LogP) is 2.21. The molecule has 0 bridgehead atoms. The summed E-state index contributed by atoms with van der Waals surface area (Å²) >= 11 is 0. The Morgan fingerprint density at radius 1 is 0.312 bits per heavy atom. The van der Waals surface area contributed by atoms with Gasteiger partial charge in [-0.15, -0.1) is 0 Å². The van der Waals surface area contributed by atoms with E-state index in [4.69, 9.17) is 0 Å². The van der Waals surface area contributed by atoms with E-state index in [0.717, 1.165) is 0 Å². The average molecular weight is 587 g/mol. The summed E-state index contributed by atoms with van der Waals surface area (Å²) in [5.41, 5.74) is 0. The summed E-state index contributed by atoms with van der Waals surface area (Å²) in [6.07, 6.45) is 25.7. The van der Waals surface area contributed by atoms with Crippen LogP contribution in [0.5, 0.6) is 0 Å². The normalized spacial score (nSPS) is 11.8. The maximum atomic E-state index is 2.44. The van der Waals surface area contributed by atoms with Gasteiger partial charge in [0.15, 0.2) is 0 Å². The van der Waals surface area contributed by atoms with E-state index in [2.05, 4.69) is 42.0 Å². The molecule has 0 aliphatic heterocycles. The highest BCUT2D eigenvalue weighted by Gasteiger charge is 2.15. The van der Waals surface area contributed by atoms with Gasteiger partial charge < -0.3 is 42.9 Å². The molecule has 0 rings (SSSR count). The fourth-order valence-corrected chi connectivity index (χ4v) is 4.65. The van der Waals surface area contributed by atoms with Gasteiger partial charge in [-0.1, -0.05) is 78.1 Å². The lowest BCUT2D eigenvalue weighted by Gasteiger charge is -2.31. The van der Waals surface area contributed by atoms with Gasteiger partial charge >= 0.3 is 0 Å². The monoisotopic (exact) mass is 584 g/mol. The van der Waals surface area contributed by atoms with Gasteiger partial charge in [0.05, 0.1) is 54.4 Å². The highest BCUT2D eigenvalue weighted by Crippen LogP contribution is 2.13. The van der Waals surface area contributed by atoms with Crippen LogP contribution in [0.1, 0.15) is 129 Å². The number of hydrogen-bond acceptors (Lipinski definition) is 0. The maximum Gasteiger partial charge on any atom is 0.0782 e.